The number of nitrogens with one attached hydrogen (secondary N) is 1. The van der Waals surface area contributed by atoms with E-state index in [0.29, 0.717) is 5.92 Å². The SMILES string of the molecule is CC(CC(=O)O)NC(=O)N(C)C(C)C(C)C. The zero-order valence-electron chi connectivity index (χ0n) is 10.7. The molecule has 94 valence electrons. The number of nitrogens with zero attached hydrogens (tertiary/aromatic N) is 1. The average molecular weight is 230 g/mol. The number of hydrogen-bond acceptors (Lipinski definition) is 2. The third-order valence-electron chi connectivity index (χ3n) is 2.75. The highest BCUT2D eigenvalue weighted by Crippen LogP contribution is 2.08. The fourth-order valence-electron chi connectivity index (χ4n) is 1.26. The molecule has 0 radical (unpaired) electrons. The Labute approximate surface area is 96.8 Å². The number of amides is 2. The van der Waals surface area contributed by atoms with Gasteiger partial charge in [-0.25, -0.2) is 4.79 Å². The second kappa shape index (κ2) is 6.35. The Balaban J connectivity index is 4.19. The molecule has 0 rings (SSSR count). The summed E-state index contributed by atoms with van der Waals surface area (Å²) in [7, 11) is 1.72. The number of carbonyl (C=O) groups is 2. The van der Waals surface area contributed by atoms with E-state index in [9.17, 15) is 9.59 Å². The maximum Gasteiger partial charge on any atom is 0.317 e. The average Bonchev–Trinajstić information content (AvgIpc) is 2.13. The summed E-state index contributed by atoms with van der Waals surface area (Å²) >= 11 is 0. The number of rotatable bonds is 5. The highest BCUT2D eigenvalue weighted by molar-refractivity contribution is 5.75. The summed E-state index contributed by atoms with van der Waals surface area (Å²) in [4.78, 5) is 23.7. The van der Waals surface area contributed by atoms with E-state index in [1.807, 2.05) is 20.8 Å². The molecule has 0 aliphatic rings. The predicted octanol–water partition coefficient (Wildman–Crippen LogP) is 1.54. The van der Waals surface area contributed by atoms with Crippen LogP contribution in [0.4, 0.5) is 4.79 Å². The van der Waals surface area contributed by atoms with Gasteiger partial charge < -0.3 is 15.3 Å². The maximum absolute atomic E-state index is 11.7. The van der Waals surface area contributed by atoms with E-state index in [0.717, 1.165) is 0 Å². The van der Waals surface area contributed by atoms with Crippen LogP contribution in [0.3, 0.4) is 0 Å². The zero-order chi connectivity index (χ0) is 12.9. The summed E-state index contributed by atoms with van der Waals surface area (Å²) in [5.41, 5.74) is 0. The number of carboxylic acids is 1. The molecule has 0 fully saturated rings. The Bertz CT molecular complexity index is 254. The van der Waals surface area contributed by atoms with E-state index in [-0.39, 0.29) is 24.5 Å². The molecule has 2 atom stereocenters. The second-order valence-electron chi connectivity index (χ2n) is 4.54. The van der Waals surface area contributed by atoms with Crippen molar-refractivity contribution < 1.29 is 14.7 Å². The van der Waals surface area contributed by atoms with Crippen molar-refractivity contribution in [3.8, 4) is 0 Å². The largest absolute Gasteiger partial charge is 0.481 e. The van der Waals surface area contributed by atoms with Gasteiger partial charge in [-0.3, -0.25) is 4.79 Å². The molecule has 5 nitrogen and oxygen atoms in total. The van der Waals surface area contributed by atoms with Crippen molar-refractivity contribution in [1.29, 1.82) is 0 Å². The lowest BCUT2D eigenvalue weighted by molar-refractivity contribution is -0.137. The first-order chi connectivity index (χ1) is 7.25. The van der Waals surface area contributed by atoms with Crippen LogP contribution in [0.2, 0.25) is 0 Å². The van der Waals surface area contributed by atoms with Gasteiger partial charge in [0.2, 0.25) is 0 Å². The predicted molar refractivity (Wildman–Crippen MR) is 62.3 cm³/mol. The lowest BCUT2D eigenvalue weighted by atomic mass is 10.1. The second-order valence-corrected chi connectivity index (χ2v) is 4.54. The molecular weight excluding hydrogens is 208 g/mol. The number of carboxylic acid groups (broad SMARTS) is 1. The summed E-state index contributed by atoms with van der Waals surface area (Å²) in [6, 6.07) is -0.459. The number of urea groups is 1. The first-order valence-electron chi connectivity index (χ1n) is 5.50. The van der Waals surface area contributed by atoms with Gasteiger partial charge in [0.15, 0.2) is 0 Å². The van der Waals surface area contributed by atoms with E-state index in [1.165, 1.54) is 0 Å². The highest BCUT2D eigenvalue weighted by Gasteiger charge is 2.20. The Kier molecular flexibility index (Phi) is 5.85. The van der Waals surface area contributed by atoms with Gasteiger partial charge in [0.1, 0.15) is 0 Å². The van der Waals surface area contributed by atoms with Gasteiger partial charge in [-0.2, -0.15) is 0 Å². The van der Waals surface area contributed by atoms with Crippen molar-refractivity contribution in [2.45, 2.75) is 46.2 Å². The Morgan fingerprint density at radius 2 is 1.75 bits per heavy atom. The standard InChI is InChI=1S/C11H22N2O3/c1-7(2)9(4)13(5)11(16)12-8(3)6-10(14)15/h7-9H,6H2,1-5H3,(H,12,16)(H,14,15). The Hall–Kier alpha value is -1.26. The molecule has 16 heavy (non-hydrogen) atoms. The Morgan fingerprint density at radius 3 is 2.12 bits per heavy atom. The number of aliphatic carboxylic acids is 1. The van der Waals surface area contributed by atoms with Crippen LogP contribution < -0.4 is 5.32 Å². The molecule has 5 heteroatoms. The van der Waals surface area contributed by atoms with Crippen molar-refractivity contribution in [2.24, 2.45) is 5.92 Å². The molecule has 0 saturated heterocycles. The summed E-state index contributed by atoms with van der Waals surface area (Å²) in [5, 5.41) is 11.2. The summed E-state index contributed by atoms with van der Waals surface area (Å²) in [6.45, 7) is 7.72. The van der Waals surface area contributed by atoms with Crippen LogP contribution >= 0.6 is 0 Å². The van der Waals surface area contributed by atoms with Crippen LogP contribution in [0.1, 0.15) is 34.1 Å². The minimum atomic E-state index is -0.910. The van der Waals surface area contributed by atoms with E-state index < -0.39 is 5.97 Å². The zero-order valence-corrected chi connectivity index (χ0v) is 10.7. The minimum absolute atomic E-state index is 0.0599. The van der Waals surface area contributed by atoms with Crippen molar-refractivity contribution in [1.82, 2.24) is 10.2 Å². The van der Waals surface area contributed by atoms with E-state index in [4.69, 9.17) is 5.11 Å². The van der Waals surface area contributed by atoms with Gasteiger partial charge in [-0.05, 0) is 19.8 Å². The molecule has 0 aromatic rings. The molecule has 0 heterocycles. The van der Waals surface area contributed by atoms with Crippen LogP contribution in [0.25, 0.3) is 0 Å². The van der Waals surface area contributed by atoms with Gasteiger partial charge in [0.05, 0.1) is 6.42 Å². The molecule has 0 saturated carbocycles. The molecule has 0 aromatic carbocycles. The lowest BCUT2D eigenvalue weighted by Crippen LogP contribution is -2.47. The van der Waals surface area contributed by atoms with Crippen LogP contribution in [-0.4, -0.2) is 41.1 Å². The van der Waals surface area contributed by atoms with Crippen molar-refractivity contribution in [3.05, 3.63) is 0 Å². The number of carbonyl (C=O) groups excluding carboxylic acids is 1. The van der Waals surface area contributed by atoms with Gasteiger partial charge in [0.25, 0.3) is 0 Å². The van der Waals surface area contributed by atoms with Gasteiger partial charge >= 0.3 is 12.0 Å². The monoisotopic (exact) mass is 230 g/mol. The van der Waals surface area contributed by atoms with E-state index in [1.54, 1.807) is 18.9 Å². The minimum Gasteiger partial charge on any atom is -0.481 e. The van der Waals surface area contributed by atoms with Crippen molar-refractivity contribution in [2.75, 3.05) is 7.05 Å². The molecule has 2 N–H and O–H groups in total. The molecule has 0 spiro atoms. The molecular formula is C11H22N2O3. The van der Waals surface area contributed by atoms with E-state index in [2.05, 4.69) is 5.32 Å². The van der Waals surface area contributed by atoms with E-state index >= 15 is 0 Å². The molecule has 2 unspecified atom stereocenters. The normalized spacial score (nSPS) is 14.4. The first-order valence-corrected chi connectivity index (χ1v) is 5.50. The summed E-state index contributed by atoms with van der Waals surface area (Å²) in [6.07, 6.45) is -0.0599. The molecule has 0 aliphatic heterocycles. The highest BCUT2D eigenvalue weighted by atomic mass is 16.4. The fraction of sp³-hybridized carbons (Fsp3) is 0.818. The molecule has 0 aliphatic carbocycles. The topological polar surface area (TPSA) is 69.6 Å². The van der Waals surface area contributed by atoms with Crippen LogP contribution in [0.5, 0.6) is 0 Å². The van der Waals surface area contributed by atoms with Gasteiger partial charge in [0, 0.05) is 19.1 Å². The molecule has 0 aromatic heterocycles. The summed E-state index contributed by atoms with van der Waals surface area (Å²) in [5.74, 6) is -0.544. The molecule has 2 amide bonds. The summed E-state index contributed by atoms with van der Waals surface area (Å²) < 4.78 is 0. The quantitative estimate of drug-likeness (QED) is 0.752. The first kappa shape index (κ1) is 14.7. The Morgan fingerprint density at radius 1 is 1.25 bits per heavy atom. The number of hydrogen-bond donors (Lipinski definition) is 2. The third-order valence-corrected chi connectivity index (χ3v) is 2.75. The lowest BCUT2D eigenvalue weighted by Gasteiger charge is -2.29. The maximum atomic E-state index is 11.7. The smallest absolute Gasteiger partial charge is 0.317 e. The van der Waals surface area contributed by atoms with Crippen LogP contribution in [-0.2, 0) is 4.79 Å². The van der Waals surface area contributed by atoms with Crippen LogP contribution in [0, 0.1) is 5.92 Å². The third kappa shape index (κ3) is 5.00. The molecule has 0 bridgehead atoms. The van der Waals surface area contributed by atoms with Crippen molar-refractivity contribution in [3.63, 3.8) is 0 Å². The van der Waals surface area contributed by atoms with Crippen LogP contribution in [0.15, 0.2) is 0 Å². The van der Waals surface area contributed by atoms with Crippen molar-refractivity contribution >= 4 is 12.0 Å². The fourth-order valence-corrected chi connectivity index (χ4v) is 1.26. The van der Waals surface area contributed by atoms with Gasteiger partial charge in [-0.15, -0.1) is 0 Å². The van der Waals surface area contributed by atoms with Gasteiger partial charge in [-0.1, -0.05) is 13.8 Å².